The molecule has 0 aliphatic heterocycles. The van der Waals surface area contributed by atoms with E-state index in [1.54, 1.807) is 0 Å². The molecule has 0 heterocycles. The monoisotopic (exact) mass is 1620 g/mol. The lowest BCUT2D eigenvalue weighted by Crippen LogP contribution is -2.30. The summed E-state index contributed by atoms with van der Waals surface area (Å²) in [5.41, 5.74) is 0. The third-order valence-corrected chi connectivity index (χ3v) is 23.7. The fraction of sp³-hybridized carbons (Fsp3) is 0.957. The summed E-state index contributed by atoms with van der Waals surface area (Å²) in [6, 6.07) is 0. The first-order chi connectivity index (χ1) is 54.0. The van der Waals surface area contributed by atoms with Gasteiger partial charge in [0, 0.05) is 25.7 Å². The summed E-state index contributed by atoms with van der Waals surface area (Å²) >= 11 is 0. The highest BCUT2D eigenvalue weighted by Gasteiger charge is 2.31. The molecular formula is C92H180O17P2. The van der Waals surface area contributed by atoms with Crippen molar-refractivity contribution < 1.29 is 80.2 Å². The molecule has 0 bridgehead atoms. The maximum absolute atomic E-state index is 13.2. The molecule has 5 atom stereocenters. The van der Waals surface area contributed by atoms with E-state index in [4.69, 9.17) is 37.0 Å². The van der Waals surface area contributed by atoms with Gasteiger partial charge < -0.3 is 33.8 Å². The lowest BCUT2D eigenvalue weighted by atomic mass is 10.0. The summed E-state index contributed by atoms with van der Waals surface area (Å²) in [6.45, 7) is 7.40. The van der Waals surface area contributed by atoms with Crippen LogP contribution in [0, 0.1) is 5.92 Å². The lowest BCUT2D eigenvalue weighted by Gasteiger charge is -2.21. The molecule has 0 aromatic carbocycles. The largest absolute Gasteiger partial charge is 0.472 e. The van der Waals surface area contributed by atoms with Gasteiger partial charge in [0.15, 0.2) is 12.2 Å². The quantitative estimate of drug-likeness (QED) is 0.0222. The van der Waals surface area contributed by atoms with Crippen molar-refractivity contribution in [3.63, 3.8) is 0 Å². The van der Waals surface area contributed by atoms with Crippen molar-refractivity contribution >= 4 is 39.5 Å². The minimum atomic E-state index is -4.97. The zero-order chi connectivity index (χ0) is 81.1. The number of rotatable bonds is 92. The van der Waals surface area contributed by atoms with E-state index < -0.39 is 97.5 Å². The molecule has 3 N–H and O–H groups in total. The summed E-state index contributed by atoms with van der Waals surface area (Å²) in [4.78, 5) is 73.4. The minimum absolute atomic E-state index is 0.108. The molecule has 660 valence electrons. The van der Waals surface area contributed by atoms with Crippen LogP contribution in [-0.2, 0) is 65.4 Å². The van der Waals surface area contributed by atoms with Gasteiger partial charge in [0.25, 0.3) is 0 Å². The molecule has 0 rings (SSSR count). The topological polar surface area (TPSA) is 237 Å². The Labute approximate surface area is 683 Å². The summed E-state index contributed by atoms with van der Waals surface area (Å²) in [5.74, 6) is -1.32. The third kappa shape index (κ3) is 85.8. The second-order valence-corrected chi connectivity index (χ2v) is 36.4. The second kappa shape index (κ2) is 84.5. The number of phosphoric ester groups is 2. The predicted octanol–water partition coefficient (Wildman–Crippen LogP) is 28.7. The van der Waals surface area contributed by atoms with Crippen LogP contribution in [0.5, 0.6) is 0 Å². The van der Waals surface area contributed by atoms with Crippen molar-refractivity contribution in [1.29, 1.82) is 0 Å². The second-order valence-electron chi connectivity index (χ2n) is 33.5. The van der Waals surface area contributed by atoms with E-state index in [0.717, 1.165) is 95.8 Å². The average molecular weight is 1620 g/mol. The van der Waals surface area contributed by atoms with Crippen LogP contribution in [0.3, 0.4) is 0 Å². The molecule has 0 radical (unpaired) electrons. The highest BCUT2D eigenvalue weighted by atomic mass is 31.2. The lowest BCUT2D eigenvalue weighted by molar-refractivity contribution is -0.161. The summed E-state index contributed by atoms with van der Waals surface area (Å²) in [7, 11) is -9.93. The zero-order valence-electron chi connectivity index (χ0n) is 73.1. The Morgan fingerprint density at radius 1 is 0.243 bits per heavy atom. The number of unbranched alkanes of at least 4 members (excludes halogenated alkanes) is 64. The Morgan fingerprint density at radius 2 is 0.414 bits per heavy atom. The first-order valence-corrected chi connectivity index (χ1v) is 50.6. The first-order valence-electron chi connectivity index (χ1n) is 47.6. The van der Waals surface area contributed by atoms with E-state index in [2.05, 4.69) is 34.6 Å². The minimum Gasteiger partial charge on any atom is -0.462 e. The maximum Gasteiger partial charge on any atom is 0.472 e. The van der Waals surface area contributed by atoms with Gasteiger partial charge in [-0.1, -0.05) is 452 Å². The van der Waals surface area contributed by atoms with Crippen LogP contribution in [-0.4, -0.2) is 96.7 Å². The van der Waals surface area contributed by atoms with E-state index in [1.807, 2.05) is 0 Å². The molecule has 0 aromatic rings. The van der Waals surface area contributed by atoms with Crippen molar-refractivity contribution in [3.8, 4) is 0 Å². The van der Waals surface area contributed by atoms with Crippen LogP contribution in [0.4, 0.5) is 0 Å². The molecule has 2 unspecified atom stereocenters. The van der Waals surface area contributed by atoms with Crippen LogP contribution >= 0.6 is 15.6 Å². The number of hydrogen-bond acceptors (Lipinski definition) is 15. The molecule has 0 saturated heterocycles. The number of carbonyl (C=O) groups excluding carboxylic acids is 4. The maximum atomic E-state index is 13.2. The molecule has 17 nitrogen and oxygen atoms in total. The van der Waals surface area contributed by atoms with E-state index in [0.29, 0.717) is 25.7 Å². The van der Waals surface area contributed by atoms with Crippen LogP contribution in [0.1, 0.15) is 503 Å². The van der Waals surface area contributed by atoms with E-state index in [-0.39, 0.29) is 25.7 Å². The van der Waals surface area contributed by atoms with Gasteiger partial charge in [-0.2, -0.15) is 0 Å². The fourth-order valence-corrected chi connectivity index (χ4v) is 16.1. The Kier molecular flexibility index (Phi) is 83.0. The van der Waals surface area contributed by atoms with Gasteiger partial charge in [0.05, 0.1) is 26.4 Å². The number of carbonyl (C=O) groups is 4. The summed E-state index contributed by atoms with van der Waals surface area (Å²) in [6.07, 6.45) is 80.8. The van der Waals surface area contributed by atoms with Crippen LogP contribution in [0.25, 0.3) is 0 Å². The van der Waals surface area contributed by atoms with Crippen molar-refractivity contribution in [1.82, 2.24) is 0 Å². The summed E-state index contributed by atoms with van der Waals surface area (Å²) < 4.78 is 69.1. The van der Waals surface area contributed by atoms with Crippen LogP contribution in [0.2, 0.25) is 0 Å². The van der Waals surface area contributed by atoms with Crippen LogP contribution < -0.4 is 0 Å². The summed E-state index contributed by atoms with van der Waals surface area (Å²) in [5, 5.41) is 10.7. The fourth-order valence-electron chi connectivity index (χ4n) is 14.5. The van der Waals surface area contributed by atoms with Crippen molar-refractivity contribution in [3.05, 3.63) is 0 Å². The normalized spacial score (nSPS) is 13.7. The van der Waals surface area contributed by atoms with Gasteiger partial charge in [0.2, 0.25) is 0 Å². The molecule has 19 heteroatoms. The first kappa shape index (κ1) is 109. The van der Waals surface area contributed by atoms with Crippen LogP contribution in [0.15, 0.2) is 0 Å². The smallest absolute Gasteiger partial charge is 0.462 e. The molecule has 0 aliphatic rings. The Morgan fingerprint density at radius 3 is 0.613 bits per heavy atom. The average Bonchev–Trinajstić information content (AvgIpc) is 0.897. The van der Waals surface area contributed by atoms with Crippen molar-refractivity contribution in [2.75, 3.05) is 39.6 Å². The van der Waals surface area contributed by atoms with Gasteiger partial charge in [-0.25, -0.2) is 9.13 Å². The SMILES string of the molecule is CCCCCCCCCCCCCCCCCCCCCCCCC(=O)OC[C@H](COP(=O)(O)OC[C@@H](O)COP(=O)(O)OC[C@@H](COC(=O)CCCCCCCCCCCCCC)OC(=O)CCCCCCCCCCCCCCC(C)C)OC(=O)CCCCCCCCCCCCCCCCCCCCCCCC. The Hall–Kier alpha value is -1.94. The predicted molar refractivity (Wildman–Crippen MR) is 460 cm³/mol. The molecule has 111 heavy (non-hydrogen) atoms. The van der Waals surface area contributed by atoms with Gasteiger partial charge >= 0.3 is 39.5 Å². The van der Waals surface area contributed by atoms with Gasteiger partial charge in [-0.05, 0) is 31.6 Å². The zero-order valence-corrected chi connectivity index (χ0v) is 74.9. The number of aliphatic hydroxyl groups excluding tert-OH is 1. The third-order valence-electron chi connectivity index (χ3n) is 21.8. The molecule has 0 spiro atoms. The number of ether oxygens (including phenoxy) is 4. The van der Waals surface area contributed by atoms with E-state index >= 15 is 0 Å². The van der Waals surface area contributed by atoms with Gasteiger partial charge in [-0.3, -0.25) is 37.3 Å². The molecule has 0 aliphatic carbocycles. The molecule has 0 aromatic heterocycles. The number of phosphoric acid groups is 2. The van der Waals surface area contributed by atoms with E-state index in [1.165, 1.54) is 327 Å². The molecule has 0 saturated carbocycles. The standard InChI is InChI=1S/C92H180O17P2/c1-6-9-12-15-18-21-24-27-29-31-33-35-37-39-41-43-45-51-56-61-66-71-76-90(95)103-82-88(108-91(96)77-72-67-62-57-52-46-44-42-40-38-36-34-32-30-28-25-22-19-16-13-10-7-2)84-107-111(100,101)105-80-86(93)79-104-110(98,99)106-83-87(81-102-89(94)75-70-65-60-55-50-26-23-20-17-14-11-8-3)109-92(97)78-73-68-63-58-53-48-47-49-54-59-64-69-74-85(4)5/h85-88,93H,6-84H2,1-5H3,(H,98,99)(H,100,101)/t86-,87+,88+/m0/s1. The Balaban J connectivity index is 5.22. The van der Waals surface area contributed by atoms with Crippen molar-refractivity contribution in [2.24, 2.45) is 5.92 Å². The number of esters is 4. The van der Waals surface area contributed by atoms with Gasteiger partial charge in [0.1, 0.15) is 19.3 Å². The molecule has 0 fully saturated rings. The molecule has 0 amide bonds. The highest BCUT2D eigenvalue weighted by Crippen LogP contribution is 2.45. The van der Waals surface area contributed by atoms with E-state index in [9.17, 15) is 43.2 Å². The number of hydrogen-bond donors (Lipinski definition) is 3. The number of aliphatic hydroxyl groups is 1. The molecular weight excluding hydrogens is 1440 g/mol. The van der Waals surface area contributed by atoms with Crippen molar-refractivity contribution in [2.45, 2.75) is 522 Å². The highest BCUT2D eigenvalue weighted by molar-refractivity contribution is 7.47. The Bertz CT molecular complexity index is 2100. The van der Waals surface area contributed by atoms with Gasteiger partial charge in [-0.15, -0.1) is 0 Å².